The molecule has 1 heterocycles. The maximum absolute atomic E-state index is 13.7. The summed E-state index contributed by atoms with van der Waals surface area (Å²) in [6, 6.07) is 31.7. The van der Waals surface area contributed by atoms with E-state index in [1.807, 2.05) is 38.1 Å². The number of aryl methyl sites for hydroxylation is 2. The Balaban J connectivity index is 1.41. The lowest BCUT2D eigenvalue weighted by atomic mass is 10.1. The number of nitrogens with zero attached hydrogens (tertiary/aromatic N) is 3. The quantitative estimate of drug-likeness (QED) is 0.126. The van der Waals surface area contributed by atoms with Crippen LogP contribution >= 0.6 is 0 Å². The van der Waals surface area contributed by atoms with Crippen molar-refractivity contribution in [1.29, 1.82) is 0 Å². The summed E-state index contributed by atoms with van der Waals surface area (Å²) in [6.07, 6.45) is 3.05. The molecular weight excluding hydrogens is 611 g/mol. The lowest BCUT2D eigenvalue weighted by Crippen LogP contribution is -2.12. The Morgan fingerprint density at radius 2 is 1.13 bits per heavy atom. The molecule has 0 amide bonds. The lowest BCUT2D eigenvalue weighted by molar-refractivity contribution is 0.484. The van der Waals surface area contributed by atoms with E-state index in [1.165, 1.54) is 29.0 Å². The highest BCUT2D eigenvalue weighted by Crippen LogP contribution is 2.29. The summed E-state index contributed by atoms with van der Waals surface area (Å²) in [5.41, 5.74) is 4.26. The van der Waals surface area contributed by atoms with Gasteiger partial charge in [0.2, 0.25) is 0 Å². The van der Waals surface area contributed by atoms with Crippen LogP contribution in [-0.4, -0.2) is 31.8 Å². The van der Waals surface area contributed by atoms with Crippen molar-refractivity contribution in [1.82, 2.24) is 15.0 Å². The zero-order valence-corrected chi connectivity index (χ0v) is 25.9. The maximum atomic E-state index is 13.7. The standard InChI is InChI=1S/C34H27N3O6S2/c1-24-11-19-29(20-12-24)42-44(38,39)33-10-6-3-7-26(33)15-16-27-17-18-28(37-32-9-5-4-8-31(32)35-36-37)23-34(27)45(40,41)43-30-21-13-25(2)14-22-30/h3-23H,1-2H3. The molecule has 6 rings (SSSR count). The molecule has 0 radical (unpaired) electrons. The minimum absolute atomic E-state index is 0.0761. The first-order valence-corrected chi connectivity index (χ1v) is 16.6. The number of hydrogen-bond acceptors (Lipinski definition) is 8. The molecule has 0 aliphatic heterocycles. The van der Waals surface area contributed by atoms with Gasteiger partial charge in [-0.25, -0.2) is 4.68 Å². The van der Waals surface area contributed by atoms with Crippen LogP contribution in [0.15, 0.2) is 125 Å². The highest BCUT2D eigenvalue weighted by molar-refractivity contribution is 7.87. The Morgan fingerprint density at radius 1 is 0.600 bits per heavy atom. The number of hydrogen-bond donors (Lipinski definition) is 0. The Hall–Kier alpha value is -5.26. The van der Waals surface area contributed by atoms with Crippen molar-refractivity contribution in [2.45, 2.75) is 23.6 Å². The van der Waals surface area contributed by atoms with Gasteiger partial charge in [-0.05, 0) is 79.6 Å². The molecule has 5 aromatic carbocycles. The molecule has 0 atom stereocenters. The molecule has 0 N–H and O–H groups in total. The van der Waals surface area contributed by atoms with Crippen LogP contribution < -0.4 is 8.37 Å². The van der Waals surface area contributed by atoms with Crippen molar-refractivity contribution in [2.75, 3.05) is 0 Å². The Kier molecular flexibility index (Phi) is 7.96. The molecule has 45 heavy (non-hydrogen) atoms. The van der Waals surface area contributed by atoms with Crippen molar-refractivity contribution in [2.24, 2.45) is 0 Å². The summed E-state index contributed by atoms with van der Waals surface area (Å²) in [5, 5.41) is 8.39. The van der Waals surface area contributed by atoms with E-state index < -0.39 is 20.2 Å². The van der Waals surface area contributed by atoms with Crippen LogP contribution in [0.1, 0.15) is 22.3 Å². The summed E-state index contributed by atoms with van der Waals surface area (Å²) in [5.74, 6) is 0.328. The van der Waals surface area contributed by atoms with Gasteiger partial charge in [-0.15, -0.1) is 5.10 Å². The molecule has 0 spiro atoms. The van der Waals surface area contributed by atoms with Crippen LogP contribution in [0.2, 0.25) is 0 Å². The summed E-state index contributed by atoms with van der Waals surface area (Å²) >= 11 is 0. The molecule has 0 fully saturated rings. The average Bonchev–Trinajstić information content (AvgIpc) is 3.46. The first-order chi connectivity index (χ1) is 21.6. The third-order valence-electron chi connectivity index (χ3n) is 6.95. The third kappa shape index (κ3) is 6.49. The topological polar surface area (TPSA) is 117 Å². The summed E-state index contributed by atoms with van der Waals surface area (Å²) < 4.78 is 66.5. The fourth-order valence-electron chi connectivity index (χ4n) is 4.62. The Morgan fingerprint density at radius 3 is 1.78 bits per heavy atom. The molecule has 0 aliphatic carbocycles. The number of aromatic nitrogens is 3. The van der Waals surface area contributed by atoms with Crippen LogP contribution in [0.5, 0.6) is 11.5 Å². The molecule has 6 aromatic rings. The molecule has 0 saturated carbocycles. The van der Waals surface area contributed by atoms with E-state index in [0.29, 0.717) is 22.3 Å². The molecule has 0 bridgehead atoms. The molecule has 9 nitrogen and oxygen atoms in total. The van der Waals surface area contributed by atoms with Crippen LogP contribution in [0.25, 0.3) is 28.9 Å². The van der Waals surface area contributed by atoms with Gasteiger partial charge in [0, 0.05) is 0 Å². The van der Waals surface area contributed by atoms with Gasteiger partial charge in [-0.3, -0.25) is 0 Å². The minimum Gasteiger partial charge on any atom is -0.379 e. The third-order valence-corrected chi connectivity index (χ3v) is 9.57. The second kappa shape index (κ2) is 12.0. The molecule has 226 valence electrons. The number of rotatable bonds is 9. The summed E-state index contributed by atoms with van der Waals surface area (Å²) in [6.45, 7) is 3.77. The maximum Gasteiger partial charge on any atom is 0.339 e. The van der Waals surface area contributed by atoms with E-state index in [2.05, 4.69) is 10.3 Å². The van der Waals surface area contributed by atoms with Crippen molar-refractivity contribution in [3.8, 4) is 17.2 Å². The molecule has 11 heteroatoms. The monoisotopic (exact) mass is 637 g/mol. The predicted octanol–water partition coefficient (Wildman–Crippen LogP) is 6.74. The predicted molar refractivity (Wildman–Crippen MR) is 172 cm³/mol. The van der Waals surface area contributed by atoms with Gasteiger partial charge in [0.15, 0.2) is 0 Å². The minimum atomic E-state index is -4.37. The Bertz CT molecular complexity index is 2260. The number of fused-ring (bicyclic) bond motifs is 1. The van der Waals surface area contributed by atoms with Gasteiger partial charge in [0.25, 0.3) is 0 Å². The first kappa shape index (κ1) is 29.8. The second-order valence-corrected chi connectivity index (χ2v) is 13.3. The fourth-order valence-corrected chi connectivity index (χ4v) is 6.89. The van der Waals surface area contributed by atoms with Crippen LogP contribution in [0.3, 0.4) is 0 Å². The van der Waals surface area contributed by atoms with Gasteiger partial charge in [0.1, 0.15) is 26.8 Å². The molecular formula is C34H27N3O6S2. The van der Waals surface area contributed by atoms with Crippen molar-refractivity contribution in [3.05, 3.63) is 138 Å². The van der Waals surface area contributed by atoms with Gasteiger partial charge in [-0.1, -0.05) is 89.2 Å². The molecule has 1 aromatic heterocycles. The van der Waals surface area contributed by atoms with Gasteiger partial charge >= 0.3 is 20.2 Å². The van der Waals surface area contributed by atoms with E-state index >= 15 is 0 Å². The van der Waals surface area contributed by atoms with Crippen molar-refractivity contribution >= 4 is 43.4 Å². The summed E-state index contributed by atoms with van der Waals surface area (Å²) in [4.78, 5) is -0.222. The fraction of sp³-hybridized carbons (Fsp3) is 0.0588. The van der Waals surface area contributed by atoms with E-state index in [0.717, 1.165) is 11.1 Å². The lowest BCUT2D eigenvalue weighted by Gasteiger charge is -2.13. The Labute approximate surface area is 261 Å². The highest BCUT2D eigenvalue weighted by Gasteiger charge is 2.23. The highest BCUT2D eigenvalue weighted by atomic mass is 32.2. The van der Waals surface area contributed by atoms with Crippen LogP contribution in [-0.2, 0) is 20.2 Å². The first-order valence-electron chi connectivity index (χ1n) is 13.8. The van der Waals surface area contributed by atoms with Crippen LogP contribution in [0, 0.1) is 13.8 Å². The van der Waals surface area contributed by atoms with E-state index in [-0.39, 0.29) is 26.9 Å². The SMILES string of the molecule is Cc1ccc(OS(=O)(=O)c2ccccc2C=Cc2ccc(-n3nnc4ccccc43)cc2S(=O)(=O)Oc2ccc(C)cc2)cc1. The van der Waals surface area contributed by atoms with E-state index in [4.69, 9.17) is 8.37 Å². The van der Waals surface area contributed by atoms with E-state index in [9.17, 15) is 16.8 Å². The summed E-state index contributed by atoms with van der Waals surface area (Å²) in [7, 11) is -8.58. The van der Waals surface area contributed by atoms with Crippen molar-refractivity contribution < 1.29 is 25.2 Å². The zero-order chi connectivity index (χ0) is 31.6. The molecule has 0 aliphatic rings. The zero-order valence-electron chi connectivity index (χ0n) is 24.2. The van der Waals surface area contributed by atoms with Gasteiger partial charge < -0.3 is 8.37 Å². The molecule has 0 unspecified atom stereocenters. The molecule has 0 saturated heterocycles. The smallest absolute Gasteiger partial charge is 0.339 e. The number of para-hydroxylation sites is 1. The van der Waals surface area contributed by atoms with Gasteiger partial charge in [0.05, 0.1) is 11.2 Å². The van der Waals surface area contributed by atoms with Crippen LogP contribution in [0.4, 0.5) is 0 Å². The normalized spacial score (nSPS) is 12.0. The van der Waals surface area contributed by atoms with E-state index in [1.54, 1.807) is 78.9 Å². The van der Waals surface area contributed by atoms with Gasteiger partial charge in [-0.2, -0.15) is 16.8 Å². The largest absolute Gasteiger partial charge is 0.379 e. The van der Waals surface area contributed by atoms with Crippen molar-refractivity contribution in [3.63, 3.8) is 0 Å². The average molecular weight is 638 g/mol. The number of benzene rings is 5. The second-order valence-electron chi connectivity index (χ2n) is 10.3.